The van der Waals surface area contributed by atoms with Crippen molar-refractivity contribution in [2.45, 2.75) is 26.9 Å². The Labute approximate surface area is 176 Å². The van der Waals surface area contributed by atoms with Gasteiger partial charge in [-0.05, 0) is 31.0 Å². The summed E-state index contributed by atoms with van der Waals surface area (Å²) in [6.45, 7) is 3.74. The molecule has 0 saturated carbocycles. The average molecular weight is 426 g/mol. The van der Waals surface area contributed by atoms with E-state index in [1.807, 2.05) is 60.7 Å². The maximum Gasteiger partial charge on any atom is 0.336 e. The van der Waals surface area contributed by atoms with E-state index in [2.05, 4.69) is 20.0 Å². The third-order valence-corrected chi connectivity index (χ3v) is 5.55. The molecule has 1 aromatic heterocycles. The number of rotatable bonds is 7. The molecule has 0 fully saturated rings. The van der Waals surface area contributed by atoms with Gasteiger partial charge in [-0.2, -0.15) is 12.7 Å². The molecular formula is C21H23N5O3S. The first-order valence-corrected chi connectivity index (χ1v) is 10.7. The van der Waals surface area contributed by atoms with Crippen molar-refractivity contribution in [2.24, 2.45) is 0 Å². The fourth-order valence-corrected chi connectivity index (χ4v) is 3.94. The van der Waals surface area contributed by atoms with Crippen LogP contribution >= 0.6 is 0 Å². The van der Waals surface area contributed by atoms with E-state index in [9.17, 15) is 13.2 Å². The van der Waals surface area contributed by atoms with E-state index in [-0.39, 0.29) is 19.0 Å². The van der Waals surface area contributed by atoms with E-state index in [0.717, 1.165) is 11.1 Å². The van der Waals surface area contributed by atoms with Crippen LogP contribution in [-0.4, -0.2) is 28.7 Å². The van der Waals surface area contributed by atoms with Gasteiger partial charge in [-0.25, -0.2) is 19.5 Å². The SMILES string of the molecule is Cc1cc(C)nc(NC(=O)NS(=O)(=O)N(Cc2ccccc2)Cc2ccccc2)n1. The summed E-state index contributed by atoms with van der Waals surface area (Å²) in [5.74, 6) is 0.0397. The number of carbonyl (C=O) groups is 1. The second kappa shape index (κ2) is 9.47. The quantitative estimate of drug-likeness (QED) is 0.605. The number of nitrogens with one attached hydrogen (secondary N) is 2. The van der Waals surface area contributed by atoms with Crippen molar-refractivity contribution in [3.05, 3.63) is 89.2 Å². The van der Waals surface area contributed by atoms with Crippen molar-refractivity contribution >= 4 is 22.2 Å². The minimum atomic E-state index is -4.14. The molecule has 0 spiro atoms. The molecular weight excluding hydrogens is 402 g/mol. The molecule has 3 rings (SSSR count). The fourth-order valence-electron chi connectivity index (χ4n) is 2.89. The second-order valence-corrected chi connectivity index (χ2v) is 8.45. The van der Waals surface area contributed by atoms with Crippen LogP contribution in [0.25, 0.3) is 0 Å². The van der Waals surface area contributed by atoms with Crippen LogP contribution < -0.4 is 10.0 Å². The Morgan fingerprint density at radius 3 is 1.80 bits per heavy atom. The molecule has 0 radical (unpaired) electrons. The van der Waals surface area contributed by atoms with E-state index in [4.69, 9.17) is 0 Å². The lowest BCUT2D eigenvalue weighted by molar-refractivity contribution is 0.255. The monoisotopic (exact) mass is 425 g/mol. The van der Waals surface area contributed by atoms with Crippen LogP contribution in [0.1, 0.15) is 22.5 Å². The van der Waals surface area contributed by atoms with Gasteiger partial charge in [-0.3, -0.25) is 5.32 Å². The van der Waals surface area contributed by atoms with Crippen molar-refractivity contribution in [1.29, 1.82) is 0 Å². The highest BCUT2D eigenvalue weighted by atomic mass is 32.2. The topological polar surface area (TPSA) is 104 Å². The third kappa shape index (κ3) is 6.10. The Kier molecular flexibility index (Phi) is 6.76. The number of nitrogens with zero attached hydrogens (tertiary/aromatic N) is 3. The number of hydrogen-bond donors (Lipinski definition) is 2. The molecule has 0 bridgehead atoms. The molecule has 0 saturated heterocycles. The van der Waals surface area contributed by atoms with Crippen LogP contribution in [0.5, 0.6) is 0 Å². The smallest absolute Gasteiger partial charge is 0.275 e. The highest BCUT2D eigenvalue weighted by Gasteiger charge is 2.25. The van der Waals surface area contributed by atoms with Crippen LogP contribution in [0.2, 0.25) is 0 Å². The van der Waals surface area contributed by atoms with Gasteiger partial charge in [0.15, 0.2) is 0 Å². The van der Waals surface area contributed by atoms with Gasteiger partial charge in [0.2, 0.25) is 5.95 Å². The minimum Gasteiger partial charge on any atom is -0.275 e. The minimum absolute atomic E-state index is 0.0397. The zero-order valence-corrected chi connectivity index (χ0v) is 17.6. The van der Waals surface area contributed by atoms with Gasteiger partial charge in [0.1, 0.15) is 0 Å². The molecule has 0 aliphatic rings. The molecule has 0 unspecified atom stereocenters. The van der Waals surface area contributed by atoms with E-state index in [0.29, 0.717) is 11.4 Å². The zero-order valence-electron chi connectivity index (χ0n) is 16.7. The Hall–Kier alpha value is -3.30. The van der Waals surface area contributed by atoms with Gasteiger partial charge in [0.05, 0.1) is 0 Å². The molecule has 9 heteroatoms. The number of urea groups is 1. The predicted molar refractivity (Wildman–Crippen MR) is 115 cm³/mol. The standard InChI is InChI=1S/C21H23N5O3S/c1-16-13-17(2)23-20(22-16)24-21(27)25-30(28,29)26(14-18-9-5-3-6-10-18)15-19-11-7-4-8-12-19/h3-13H,14-15H2,1-2H3,(H2,22,23,24,25,27). The summed E-state index contributed by atoms with van der Waals surface area (Å²) in [4.78, 5) is 20.5. The van der Waals surface area contributed by atoms with E-state index >= 15 is 0 Å². The van der Waals surface area contributed by atoms with E-state index < -0.39 is 16.2 Å². The number of amides is 2. The molecule has 0 atom stereocenters. The zero-order chi connectivity index (χ0) is 21.6. The van der Waals surface area contributed by atoms with Crippen LogP contribution in [0, 0.1) is 13.8 Å². The Balaban J connectivity index is 1.78. The lowest BCUT2D eigenvalue weighted by Crippen LogP contribution is -2.44. The number of aryl methyl sites for hydroxylation is 2. The van der Waals surface area contributed by atoms with Gasteiger partial charge >= 0.3 is 16.2 Å². The molecule has 0 aliphatic heterocycles. The molecule has 2 aromatic carbocycles. The maximum atomic E-state index is 13.0. The summed E-state index contributed by atoms with van der Waals surface area (Å²) < 4.78 is 29.2. The lowest BCUT2D eigenvalue weighted by Gasteiger charge is -2.22. The molecule has 30 heavy (non-hydrogen) atoms. The first-order valence-electron chi connectivity index (χ1n) is 9.31. The number of benzene rings is 2. The van der Waals surface area contributed by atoms with Crippen molar-refractivity contribution in [3.8, 4) is 0 Å². The predicted octanol–water partition coefficient (Wildman–Crippen LogP) is 3.16. The first kappa shape index (κ1) is 21.4. The Morgan fingerprint density at radius 1 is 0.867 bits per heavy atom. The second-order valence-electron chi connectivity index (χ2n) is 6.77. The van der Waals surface area contributed by atoms with Crippen LogP contribution in [-0.2, 0) is 23.3 Å². The Bertz CT molecular complexity index is 1040. The van der Waals surface area contributed by atoms with Crippen molar-refractivity contribution in [2.75, 3.05) is 5.32 Å². The van der Waals surface area contributed by atoms with Gasteiger partial charge in [-0.1, -0.05) is 60.7 Å². The lowest BCUT2D eigenvalue weighted by atomic mass is 10.2. The first-order chi connectivity index (χ1) is 14.3. The van der Waals surface area contributed by atoms with E-state index in [1.165, 1.54) is 4.31 Å². The number of carbonyl (C=O) groups excluding carboxylic acids is 1. The number of aromatic nitrogens is 2. The number of hydrogen-bond acceptors (Lipinski definition) is 5. The summed E-state index contributed by atoms with van der Waals surface area (Å²) in [6.07, 6.45) is 0. The summed E-state index contributed by atoms with van der Waals surface area (Å²) in [5.41, 5.74) is 2.93. The molecule has 2 N–H and O–H groups in total. The van der Waals surface area contributed by atoms with Gasteiger partial charge < -0.3 is 0 Å². The van der Waals surface area contributed by atoms with Crippen LogP contribution in [0.4, 0.5) is 10.7 Å². The summed E-state index contributed by atoms with van der Waals surface area (Å²) >= 11 is 0. The summed E-state index contributed by atoms with van der Waals surface area (Å²) in [6, 6.07) is 19.2. The highest BCUT2D eigenvalue weighted by molar-refractivity contribution is 7.87. The molecule has 2 amide bonds. The molecule has 3 aromatic rings. The molecule has 156 valence electrons. The van der Waals surface area contributed by atoms with Gasteiger partial charge in [0, 0.05) is 24.5 Å². The normalized spacial score (nSPS) is 11.3. The van der Waals surface area contributed by atoms with Crippen molar-refractivity contribution in [3.63, 3.8) is 0 Å². The van der Waals surface area contributed by atoms with Crippen molar-refractivity contribution < 1.29 is 13.2 Å². The van der Waals surface area contributed by atoms with Crippen LogP contribution in [0.3, 0.4) is 0 Å². The van der Waals surface area contributed by atoms with Gasteiger partial charge in [-0.15, -0.1) is 0 Å². The van der Waals surface area contributed by atoms with Crippen LogP contribution in [0.15, 0.2) is 66.7 Å². The van der Waals surface area contributed by atoms with E-state index in [1.54, 1.807) is 19.9 Å². The summed E-state index contributed by atoms with van der Waals surface area (Å²) in [5, 5.41) is 2.38. The fraction of sp³-hybridized carbons (Fsp3) is 0.190. The maximum absolute atomic E-state index is 13.0. The molecule has 1 heterocycles. The molecule has 8 nitrogen and oxygen atoms in total. The Morgan fingerprint density at radius 2 is 1.33 bits per heavy atom. The largest absolute Gasteiger partial charge is 0.336 e. The van der Waals surface area contributed by atoms with Gasteiger partial charge in [0.25, 0.3) is 0 Å². The summed E-state index contributed by atoms with van der Waals surface area (Å²) in [7, 11) is -4.14. The number of anilines is 1. The van der Waals surface area contributed by atoms with Crippen molar-refractivity contribution in [1.82, 2.24) is 19.0 Å². The third-order valence-electron chi connectivity index (χ3n) is 4.17. The highest BCUT2D eigenvalue weighted by Crippen LogP contribution is 2.14. The molecule has 0 aliphatic carbocycles. The average Bonchev–Trinajstić information content (AvgIpc) is 2.68.